The van der Waals surface area contributed by atoms with Crippen LogP contribution in [0.4, 0.5) is 10.9 Å². The van der Waals surface area contributed by atoms with Gasteiger partial charge in [0.05, 0.1) is 18.7 Å². The average Bonchev–Trinajstić information content (AvgIpc) is 3.41. The number of amides is 2. The van der Waals surface area contributed by atoms with Crippen molar-refractivity contribution in [2.75, 3.05) is 31.3 Å². The highest BCUT2D eigenvalue weighted by Gasteiger charge is 2.26. The second-order valence-electron chi connectivity index (χ2n) is 10.5. The standard InChI is InChI=1S/C31H34ClN7O4S/c1-20-8-6-9-21(16-20)17-26(40)33-25-15-14-24(35-36-25)12-4-5-13-27-37-38-31(44-27)34-30(42)29(43-28(41)19-39(2)3)22-10-7-11-23(32)18-22/h6-11,14-16,18,29H,4-5,12-13,17,19H2,1-3H3,(H,33,36,40)(H,34,38,42). The number of anilines is 2. The lowest BCUT2D eigenvalue weighted by Gasteiger charge is -2.18. The summed E-state index contributed by atoms with van der Waals surface area (Å²) in [5, 5.41) is 23.6. The number of nitrogens with one attached hydrogen (secondary N) is 2. The van der Waals surface area contributed by atoms with Crippen LogP contribution in [0.25, 0.3) is 0 Å². The third-order valence-corrected chi connectivity index (χ3v) is 7.42. The van der Waals surface area contributed by atoms with Gasteiger partial charge in [-0.2, -0.15) is 5.10 Å². The van der Waals surface area contributed by atoms with Crippen LogP contribution in [-0.4, -0.2) is 63.7 Å². The number of rotatable bonds is 14. The van der Waals surface area contributed by atoms with Gasteiger partial charge in [0.2, 0.25) is 17.1 Å². The number of hydrogen-bond acceptors (Lipinski definition) is 10. The van der Waals surface area contributed by atoms with Crippen molar-refractivity contribution in [3.8, 4) is 0 Å². The summed E-state index contributed by atoms with van der Waals surface area (Å²) in [6.45, 7) is 2.01. The molecule has 0 saturated carbocycles. The van der Waals surface area contributed by atoms with E-state index < -0.39 is 18.0 Å². The number of nitrogens with zero attached hydrogens (tertiary/aromatic N) is 5. The van der Waals surface area contributed by atoms with Crippen molar-refractivity contribution in [1.29, 1.82) is 0 Å². The number of esters is 1. The van der Waals surface area contributed by atoms with Crippen LogP contribution in [0.3, 0.4) is 0 Å². The fraction of sp³-hybridized carbons (Fsp3) is 0.323. The molecular formula is C31H34ClN7O4S. The number of hydrogen-bond donors (Lipinski definition) is 2. The first-order valence-corrected chi connectivity index (χ1v) is 15.2. The molecule has 11 nitrogen and oxygen atoms in total. The summed E-state index contributed by atoms with van der Waals surface area (Å²) in [4.78, 5) is 39.4. The molecule has 44 heavy (non-hydrogen) atoms. The number of ether oxygens (including phenoxy) is 1. The molecule has 1 unspecified atom stereocenters. The van der Waals surface area contributed by atoms with E-state index in [0.29, 0.717) is 34.4 Å². The van der Waals surface area contributed by atoms with Crippen molar-refractivity contribution in [3.63, 3.8) is 0 Å². The predicted octanol–water partition coefficient (Wildman–Crippen LogP) is 4.82. The first-order valence-electron chi connectivity index (χ1n) is 14.1. The molecule has 0 aliphatic carbocycles. The van der Waals surface area contributed by atoms with E-state index >= 15 is 0 Å². The molecular weight excluding hydrogens is 602 g/mol. The molecule has 230 valence electrons. The molecule has 0 aliphatic rings. The van der Waals surface area contributed by atoms with Crippen molar-refractivity contribution in [2.24, 2.45) is 0 Å². The minimum Gasteiger partial charge on any atom is -0.446 e. The van der Waals surface area contributed by atoms with Gasteiger partial charge in [-0.3, -0.25) is 24.6 Å². The number of carbonyl (C=O) groups is 3. The van der Waals surface area contributed by atoms with E-state index in [0.717, 1.165) is 34.7 Å². The number of benzene rings is 2. The molecule has 0 saturated heterocycles. The van der Waals surface area contributed by atoms with Crippen LogP contribution in [0.1, 0.15) is 46.3 Å². The Kier molecular flexibility index (Phi) is 11.9. The van der Waals surface area contributed by atoms with Gasteiger partial charge in [0.1, 0.15) is 5.01 Å². The normalized spacial score (nSPS) is 11.7. The first-order chi connectivity index (χ1) is 21.1. The fourth-order valence-electron chi connectivity index (χ4n) is 4.28. The molecule has 2 N–H and O–H groups in total. The molecule has 2 amide bonds. The number of aryl methyl sites for hydroxylation is 3. The van der Waals surface area contributed by atoms with Crippen LogP contribution in [0.2, 0.25) is 5.02 Å². The van der Waals surface area contributed by atoms with Crippen LogP contribution in [0, 0.1) is 6.92 Å². The molecule has 2 heterocycles. The summed E-state index contributed by atoms with van der Waals surface area (Å²) in [5.41, 5.74) is 3.33. The summed E-state index contributed by atoms with van der Waals surface area (Å²) in [6, 6.07) is 18.1. The van der Waals surface area contributed by atoms with Crippen molar-refractivity contribution in [3.05, 3.63) is 93.1 Å². The topological polar surface area (TPSA) is 139 Å². The number of carbonyl (C=O) groups excluding carboxylic acids is 3. The van der Waals surface area contributed by atoms with E-state index in [9.17, 15) is 14.4 Å². The molecule has 0 bridgehead atoms. The van der Waals surface area contributed by atoms with Gasteiger partial charge in [-0.25, -0.2) is 0 Å². The Morgan fingerprint density at radius 2 is 1.73 bits per heavy atom. The Morgan fingerprint density at radius 3 is 2.45 bits per heavy atom. The van der Waals surface area contributed by atoms with Gasteiger partial charge in [-0.1, -0.05) is 64.9 Å². The number of aromatic nitrogens is 4. The predicted molar refractivity (Wildman–Crippen MR) is 170 cm³/mol. The molecule has 2 aromatic heterocycles. The lowest BCUT2D eigenvalue weighted by atomic mass is 10.1. The molecule has 2 aromatic carbocycles. The van der Waals surface area contributed by atoms with E-state index in [-0.39, 0.29) is 18.9 Å². The highest BCUT2D eigenvalue weighted by Crippen LogP contribution is 2.25. The largest absolute Gasteiger partial charge is 0.446 e. The number of likely N-dealkylation sites (N-methyl/N-ethyl adjacent to an activating group) is 1. The molecule has 0 fully saturated rings. The van der Waals surface area contributed by atoms with E-state index in [4.69, 9.17) is 16.3 Å². The molecule has 0 radical (unpaired) electrons. The van der Waals surface area contributed by atoms with Crippen molar-refractivity contribution in [2.45, 2.75) is 45.1 Å². The second kappa shape index (κ2) is 16.0. The molecule has 1 atom stereocenters. The number of unbranched alkanes of at least 4 members (excludes halogenated alkanes) is 1. The zero-order chi connectivity index (χ0) is 31.5. The van der Waals surface area contributed by atoms with E-state index in [1.165, 1.54) is 11.3 Å². The third-order valence-electron chi connectivity index (χ3n) is 6.29. The Labute approximate surface area is 265 Å². The second-order valence-corrected chi connectivity index (χ2v) is 12.0. The zero-order valence-electron chi connectivity index (χ0n) is 24.7. The SMILES string of the molecule is Cc1cccc(CC(=O)Nc2ccc(CCCCc3nnc(NC(=O)C(OC(=O)CN(C)C)c4cccc(Cl)c4)s3)nn2)c1. The number of halogens is 1. The maximum Gasteiger partial charge on any atom is 0.321 e. The summed E-state index contributed by atoms with van der Waals surface area (Å²) < 4.78 is 5.49. The van der Waals surface area contributed by atoms with Crippen molar-refractivity contribution >= 4 is 51.7 Å². The zero-order valence-corrected chi connectivity index (χ0v) is 26.3. The van der Waals surface area contributed by atoms with Crippen LogP contribution in [0.15, 0.2) is 60.7 Å². The maximum atomic E-state index is 13.1. The molecule has 4 aromatic rings. The van der Waals surface area contributed by atoms with Gasteiger partial charge in [0.25, 0.3) is 5.91 Å². The van der Waals surface area contributed by atoms with Crippen LogP contribution >= 0.6 is 22.9 Å². The Balaban J connectivity index is 1.23. The van der Waals surface area contributed by atoms with Crippen molar-refractivity contribution < 1.29 is 19.1 Å². The summed E-state index contributed by atoms with van der Waals surface area (Å²) in [6.07, 6.45) is 2.13. The fourth-order valence-corrected chi connectivity index (χ4v) is 5.27. The highest BCUT2D eigenvalue weighted by molar-refractivity contribution is 7.15. The van der Waals surface area contributed by atoms with E-state index in [2.05, 4.69) is 31.0 Å². The molecule has 0 spiro atoms. The van der Waals surface area contributed by atoms with Gasteiger partial charge in [0, 0.05) is 17.0 Å². The lowest BCUT2D eigenvalue weighted by molar-refractivity contribution is -0.155. The lowest BCUT2D eigenvalue weighted by Crippen LogP contribution is -2.30. The minimum atomic E-state index is -1.19. The Morgan fingerprint density at radius 1 is 0.932 bits per heavy atom. The van der Waals surface area contributed by atoms with Crippen LogP contribution in [-0.2, 0) is 38.4 Å². The van der Waals surface area contributed by atoms with E-state index in [1.54, 1.807) is 49.3 Å². The summed E-state index contributed by atoms with van der Waals surface area (Å²) in [5.74, 6) is -0.818. The van der Waals surface area contributed by atoms with E-state index in [1.807, 2.05) is 37.3 Å². The summed E-state index contributed by atoms with van der Waals surface area (Å²) in [7, 11) is 3.47. The van der Waals surface area contributed by atoms with Gasteiger partial charge in [-0.05, 0) is 70.1 Å². The summed E-state index contributed by atoms with van der Waals surface area (Å²) >= 11 is 7.37. The quantitative estimate of drug-likeness (QED) is 0.147. The van der Waals surface area contributed by atoms with Gasteiger partial charge in [-0.15, -0.1) is 15.3 Å². The van der Waals surface area contributed by atoms with Gasteiger partial charge >= 0.3 is 5.97 Å². The molecule has 0 aliphatic heterocycles. The molecule has 4 rings (SSSR count). The average molecular weight is 636 g/mol. The molecule has 13 heteroatoms. The highest BCUT2D eigenvalue weighted by atomic mass is 35.5. The van der Waals surface area contributed by atoms with Crippen LogP contribution < -0.4 is 10.6 Å². The van der Waals surface area contributed by atoms with Crippen molar-refractivity contribution in [1.82, 2.24) is 25.3 Å². The van der Waals surface area contributed by atoms with Gasteiger partial charge in [0.15, 0.2) is 5.82 Å². The smallest absolute Gasteiger partial charge is 0.321 e. The maximum absolute atomic E-state index is 13.1. The third kappa shape index (κ3) is 10.5. The Hall–Kier alpha value is -4.26. The van der Waals surface area contributed by atoms with Crippen LogP contribution in [0.5, 0.6) is 0 Å². The Bertz CT molecular complexity index is 1580. The minimum absolute atomic E-state index is 0.0219. The first kappa shape index (κ1) is 32.6. The van der Waals surface area contributed by atoms with Gasteiger partial charge < -0.3 is 10.1 Å². The monoisotopic (exact) mass is 635 g/mol.